The largest absolute Gasteiger partial charge is 0.121 e. The number of benzene rings is 1. The van der Waals surface area contributed by atoms with Crippen molar-refractivity contribution in [2.75, 3.05) is 0 Å². The van der Waals surface area contributed by atoms with Gasteiger partial charge in [-0.05, 0) is 62.4 Å². The van der Waals surface area contributed by atoms with Crippen LogP contribution in [-0.2, 0) is 6.42 Å². The van der Waals surface area contributed by atoms with E-state index in [2.05, 4.69) is 69.1 Å². The lowest BCUT2D eigenvalue weighted by atomic mass is 10.1. The molecule has 4 heteroatoms. The Bertz CT molecular complexity index is 505. The monoisotopic (exact) mass is 392 g/mol. The van der Waals surface area contributed by atoms with Crippen molar-refractivity contribution in [1.29, 1.82) is 0 Å². The van der Waals surface area contributed by atoms with Crippen LogP contribution < -0.4 is 0 Å². The van der Waals surface area contributed by atoms with Crippen molar-refractivity contribution in [2.45, 2.75) is 18.7 Å². The van der Waals surface area contributed by atoms with Crippen molar-refractivity contribution in [3.8, 4) is 0 Å². The van der Waals surface area contributed by atoms with Crippen LogP contribution in [0.2, 0.25) is 0 Å². The Balaban J connectivity index is 2.14. The van der Waals surface area contributed by atoms with Gasteiger partial charge >= 0.3 is 0 Å². The van der Waals surface area contributed by atoms with E-state index in [-0.39, 0.29) is 5.38 Å². The molecular formula is C13H11Br2ClS. The van der Waals surface area contributed by atoms with Crippen molar-refractivity contribution in [3.05, 3.63) is 54.6 Å². The molecule has 1 heterocycles. The molecule has 0 N–H and O–H groups in total. The maximum absolute atomic E-state index is 6.45. The number of rotatable bonds is 3. The quantitative estimate of drug-likeness (QED) is 0.552. The molecule has 0 nitrogen and oxygen atoms in total. The highest BCUT2D eigenvalue weighted by atomic mass is 79.9. The van der Waals surface area contributed by atoms with Crippen LogP contribution in [0.25, 0.3) is 0 Å². The van der Waals surface area contributed by atoms with Gasteiger partial charge in [-0.3, -0.25) is 0 Å². The maximum atomic E-state index is 6.45. The number of hydrogen-bond donors (Lipinski definition) is 0. The van der Waals surface area contributed by atoms with E-state index in [4.69, 9.17) is 11.6 Å². The average molecular weight is 395 g/mol. The molecule has 0 saturated heterocycles. The fraction of sp³-hybridized carbons (Fsp3) is 0.231. The molecule has 0 amide bonds. The molecule has 0 bridgehead atoms. The summed E-state index contributed by atoms with van der Waals surface area (Å²) in [5.41, 5.74) is 3.70. The van der Waals surface area contributed by atoms with Crippen LogP contribution in [0, 0.1) is 6.92 Å². The van der Waals surface area contributed by atoms with Gasteiger partial charge < -0.3 is 0 Å². The molecule has 2 rings (SSSR count). The summed E-state index contributed by atoms with van der Waals surface area (Å²) in [6.45, 7) is 2.09. The van der Waals surface area contributed by atoms with E-state index in [1.807, 2.05) is 0 Å². The predicted octanol–water partition coefficient (Wildman–Crippen LogP) is 6.10. The predicted molar refractivity (Wildman–Crippen MR) is 83.2 cm³/mol. The van der Waals surface area contributed by atoms with Crippen LogP contribution in [-0.4, -0.2) is 0 Å². The molecule has 0 aliphatic carbocycles. The van der Waals surface area contributed by atoms with Crippen LogP contribution >= 0.6 is 54.8 Å². The van der Waals surface area contributed by atoms with E-state index >= 15 is 0 Å². The van der Waals surface area contributed by atoms with Crippen LogP contribution in [0.3, 0.4) is 0 Å². The third kappa shape index (κ3) is 3.57. The fourth-order valence-corrected chi connectivity index (χ4v) is 5.13. The molecule has 0 aliphatic rings. The first-order chi connectivity index (χ1) is 8.06. The lowest BCUT2D eigenvalue weighted by Crippen LogP contribution is -1.95. The smallest absolute Gasteiger partial charge is 0.0757 e. The van der Waals surface area contributed by atoms with E-state index in [9.17, 15) is 0 Å². The topological polar surface area (TPSA) is 0 Å². The van der Waals surface area contributed by atoms with E-state index in [1.165, 1.54) is 11.1 Å². The first-order valence-corrected chi connectivity index (χ1v) is 8.04. The summed E-state index contributed by atoms with van der Waals surface area (Å²) in [5.74, 6) is 0. The van der Waals surface area contributed by atoms with Gasteiger partial charge in [-0.1, -0.05) is 29.8 Å². The zero-order valence-corrected chi connectivity index (χ0v) is 14.0. The Morgan fingerprint density at radius 2 is 1.88 bits per heavy atom. The lowest BCUT2D eigenvalue weighted by Gasteiger charge is -2.09. The molecule has 1 aromatic carbocycles. The van der Waals surface area contributed by atoms with Gasteiger partial charge in [-0.25, -0.2) is 0 Å². The van der Waals surface area contributed by atoms with Gasteiger partial charge in [0.2, 0.25) is 0 Å². The molecular weight excluding hydrogens is 383 g/mol. The molecule has 0 radical (unpaired) electrons. The number of thiophene rings is 1. The first kappa shape index (κ1) is 13.6. The van der Waals surface area contributed by atoms with E-state index in [0.29, 0.717) is 0 Å². The molecule has 2 aromatic rings. The highest BCUT2D eigenvalue weighted by Gasteiger charge is 2.15. The van der Waals surface area contributed by atoms with Crippen molar-refractivity contribution in [1.82, 2.24) is 0 Å². The Hall–Kier alpha value is 0.170. The summed E-state index contributed by atoms with van der Waals surface area (Å²) in [6, 6.07) is 10.6. The molecule has 0 saturated carbocycles. The molecule has 1 unspecified atom stereocenters. The average Bonchev–Trinajstić information content (AvgIpc) is 2.61. The summed E-state index contributed by atoms with van der Waals surface area (Å²) in [4.78, 5) is 0. The van der Waals surface area contributed by atoms with Crippen molar-refractivity contribution >= 4 is 54.8 Å². The molecule has 90 valence electrons. The minimum atomic E-state index is 0.00892. The number of alkyl halides is 1. The van der Waals surface area contributed by atoms with Gasteiger partial charge in [0.1, 0.15) is 0 Å². The molecule has 0 aliphatic heterocycles. The second kappa shape index (κ2) is 5.87. The standard InChI is InChI=1S/C13H11Br2ClS/c1-8-2-4-9(5-3-8)6-11(16)10-7-12(14)17-13(10)15/h2-5,7,11H,6H2,1H3. The highest BCUT2D eigenvalue weighted by molar-refractivity contribution is 9.12. The van der Waals surface area contributed by atoms with E-state index in [1.54, 1.807) is 11.3 Å². The zero-order valence-electron chi connectivity index (χ0n) is 9.21. The maximum Gasteiger partial charge on any atom is 0.0757 e. The molecule has 0 fully saturated rings. The number of halogens is 3. The van der Waals surface area contributed by atoms with Gasteiger partial charge in [0.25, 0.3) is 0 Å². The van der Waals surface area contributed by atoms with Crippen LogP contribution in [0.1, 0.15) is 22.1 Å². The Kier molecular flexibility index (Phi) is 4.70. The Morgan fingerprint density at radius 1 is 1.24 bits per heavy atom. The summed E-state index contributed by atoms with van der Waals surface area (Å²) in [5, 5.41) is 0.00892. The van der Waals surface area contributed by atoms with E-state index < -0.39 is 0 Å². The van der Waals surface area contributed by atoms with Crippen LogP contribution in [0.5, 0.6) is 0 Å². The van der Waals surface area contributed by atoms with E-state index in [0.717, 1.165) is 19.6 Å². The second-order valence-electron chi connectivity index (χ2n) is 3.94. The molecule has 1 aromatic heterocycles. The van der Waals surface area contributed by atoms with Crippen molar-refractivity contribution in [2.24, 2.45) is 0 Å². The number of aryl methyl sites for hydroxylation is 1. The second-order valence-corrected chi connectivity index (χ2v) is 8.21. The third-order valence-electron chi connectivity index (χ3n) is 2.56. The van der Waals surface area contributed by atoms with Crippen molar-refractivity contribution < 1.29 is 0 Å². The van der Waals surface area contributed by atoms with Gasteiger partial charge in [0.05, 0.1) is 12.9 Å². The van der Waals surface area contributed by atoms with Gasteiger partial charge in [-0.15, -0.1) is 22.9 Å². The summed E-state index contributed by atoms with van der Waals surface area (Å²) < 4.78 is 2.21. The molecule has 17 heavy (non-hydrogen) atoms. The lowest BCUT2D eigenvalue weighted by molar-refractivity contribution is 0.920. The Morgan fingerprint density at radius 3 is 2.41 bits per heavy atom. The van der Waals surface area contributed by atoms with Gasteiger partial charge in [0, 0.05) is 0 Å². The zero-order chi connectivity index (χ0) is 12.4. The van der Waals surface area contributed by atoms with Crippen molar-refractivity contribution in [3.63, 3.8) is 0 Å². The summed E-state index contributed by atoms with van der Waals surface area (Å²) >= 11 is 15.1. The Labute approximate surface area is 127 Å². The summed E-state index contributed by atoms with van der Waals surface area (Å²) in [6.07, 6.45) is 0.851. The summed E-state index contributed by atoms with van der Waals surface area (Å²) in [7, 11) is 0. The van der Waals surface area contributed by atoms with Crippen LogP contribution in [0.15, 0.2) is 37.9 Å². The first-order valence-electron chi connectivity index (χ1n) is 5.20. The normalized spacial score (nSPS) is 12.7. The van der Waals surface area contributed by atoms with Gasteiger partial charge in [0.15, 0.2) is 0 Å². The third-order valence-corrected chi connectivity index (χ3v) is 5.33. The molecule has 0 spiro atoms. The minimum Gasteiger partial charge on any atom is -0.121 e. The van der Waals surface area contributed by atoms with Crippen LogP contribution in [0.4, 0.5) is 0 Å². The fourth-order valence-electron chi connectivity index (χ4n) is 1.61. The highest BCUT2D eigenvalue weighted by Crippen LogP contribution is 2.39. The molecule has 1 atom stereocenters. The van der Waals surface area contributed by atoms with Gasteiger partial charge in [-0.2, -0.15) is 0 Å². The minimum absolute atomic E-state index is 0.00892. The number of hydrogen-bond acceptors (Lipinski definition) is 1. The SMILES string of the molecule is Cc1ccc(CC(Cl)c2cc(Br)sc2Br)cc1.